The van der Waals surface area contributed by atoms with Gasteiger partial charge in [0, 0.05) is 11.6 Å². The second kappa shape index (κ2) is 3.21. The van der Waals surface area contributed by atoms with E-state index >= 15 is 0 Å². The Kier molecular flexibility index (Phi) is 2.61. The molecule has 1 rings (SSSR count). The normalized spacial score (nSPS) is 28.0. The zero-order valence-corrected chi connectivity index (χ0v) is 9.09. The minimum absolute atomic E-state index is 0.0716. The van der Waals surface area contributed by atoms with E-state index in [-0.39, 0.29) is 5.54 Å². The molecule has 0 saturated heterocycles. The van der Waals surface area contributed by atoms with Crippen LogP contribution in [0, 0.1) is 5.92 Å². The molecule has 2 nitrogen and oxygen atoms in total. The first kappa shape index (κ1) is 9.78. The average Bonchev–Trinajstić information content (AvgIpc) is 2.40. The largest absolute Gasteiger partial charge is 0.360 e. The number of nitrogens with one attached hydrogen (secondary N) is 2. The standard InChI is InChI=1S/C9H18N2S/c1-6-5-7(6)10-8(12)11-9(2,3)4/h6-7H,5H2,1-4H3,(H2,10,11,12). The molecule has 2 unspecified atom stereocenters. The van der Waals surface area contributed by atoms with Crippen LogP contribution in [0.1, 0.15) is 34.1 Å². The van der Waals surface area contributed by atoms with E-state index in [2.05, 4.69) is 38.3 Å². The van der Waals surface area contributed by atoms with Gasteiger partial charge >= 0.3 is 0 Å². The molecule has 0 spiro atoms. The summed E-state index contributed by atoms with van der Waals surface area (Å²) in [5.74, 6) is 0.796. The van der Waals surface area contributed by atoms with Gasteiger partial charge in [-0.3, -0.25) is 0 Å². The predicted molar refractivity (Wildman–Crippen MR) is 56.2 cm³/mol. The van der Waals surface area contributed by atoms with Crippen LogP contribution < -0.4 is 10.6 Å². The lowest BCUT2D eigenvalue weighted by Crippen LogP contribution is -2.47. The van der Waals surface area contributed by atoms with Gasteiger partial charge in [-0.05, 0) is 45.3 Å². The summed E-state index contributed by atoms with van der Waals surface area (Å²) >= 11 is 5.15. The molecular weight excluding hydrogens is 168 g/mol. The Labute approximate surface area is 80.1 Å². The fourth-order valence-electron chi connectivity index (χ4n) is 1.07. The number of hydrogen-bond donors (Lipinski definition) is 2. The molecule has 3 heteroatoms. The molecule has 2 atom stereocenters. The van der Waals surface area contributed by atoms with Crippen LogP contribution in [-0.4, -0.2) is 16.7 Å². The van der Waals surface area contributed by atoms with Gasteiger partial charge in [0.05, 0.1) is 0 Å². The summed E-state index contributed by atoms with van der Waals surface area (Å²) < 4.78 is 0. The van der Waals surface area contributed by atoms with Crippen LogP contribution >= 0.6 is 12.2 Å². The average molecular weight is 186 g/mol. The summed E-state index contributed by atoms with van der Waals surface area (Å²) in [5.41, 5.74) is 0.0716. The van der Waals surface area contributed by atoms with Crippen molar-refractivity contribution in [3.8, 4) is 0 Å². The van der Waals surface area contributed by atoms with Gasteiger partial charge in [-0.1, -0.05) is 6.92 Å². The maximum atomic E-state index is 5.15. The lowest BCUT2D eigenvalue weighted by Gasteiger charge is -2.23. The molecule has 0 amide bonds. The predicted octanol–water partition coefficient (Wildman–Crippen LogP) is 1.66. The van der Waals surface area contributed by atoms with E-state index in [1.807, 2.05) is 0 Å². The lowest BCUT2D eigenvalue weighted by molar-refractivity contribution is 0.505. The lowest BCUT2D eigenvalue weighted by atomic mass is 10.1. The van der Waals surface area contributed by atoms with Crippen LogP contribution in [0.2, 0.25) is 0 Å². The van der Waals surface area contributed by atoms with Crippen molar-refractivity contribution in [1.29, 1.82) is 0 Å². The summed E-state index contributed by atoms with van der Waals surface area (Å²) in [4.78, 5) is 0. The van der Waals surface area contributed by atoms with Crippen molar-refractivity contribution in [2.75, 3.05) is 0 Å². The van der Waals surface area contributed by atoms with Crippen LogP contribution in [0.5, 0.6) is 0 Å². The summed E-state index contributed by atoms with van der Waals surface area (Å²) in [7, 11) is 0. The monoisotopic (exact) mass is 186 g/mol. The van der Waals surface area contributed by atoms with E-state index in [1.54, 1.807) is 0 Å². The van der Waals surface area contributed by atoms with Gasteiger partial charge in [-0.15, -0.1) is 0 Å². The van der Waals surface area contributed by atoms with Crippen molar-refractivity contribution in [2.45, 2.75) is 45.7 Å². The van der Waals surface area contributed by atoms with E-state index in [0.29, 0.717) is 6.04 Å². The third-order valence-corrected chi connectivity index (χ3v) is 2.13. The Balaban J connectivity index is 2.21. The zero-order valence-electron chi connectivity index (χ0n) is 8.27. The van der Waals surface area contributed by atoms with Crippen LogP contribution in [0.3, 0.4) is 0 Å². The smallest absolute Gasteiger partial charge is 0.166 e. The summed E-state index contributed by atoms with van der Waals surface area (Å²) in [6.07, 6.45) is 1.26. The zero-order chi connectivity index (χ0) is 9.35. The van der Waals surface area contributed by atoms with Gasteiger partial charge in [-0.25, -0.2) is 0 Å². The first-order chi connectivity index (χ1) is 5.38. The summed E-state index contributed by atoms with van der Waals surface area (Å²) in [6.45, 7) is 8.56. The van der Waals surface area contributed by atoms with Gasteiger partial charge in [0.15, 0.2) is 5.11 Å². The molecule has 2 N–H and O–H groups in total. The molecule has 0 heterocycles. The first-order valence-electron chi connectivity index (χ1n) is 4.47. The Bertz CT molecular complexity index is 183. The molecule has 1 aliphatic carbocycles. The van der Waals surface area contributed by atoms with Crippen molar-refractivity contribution in [3.05, 3.63) is 0 Å². The molecule has 1 fully saturated rings. The highest BCUT2D eigenvalue weighted by Crippen LogP contribution is 2.28. The van der Waals surface area contributed by atoms with Gasteiger partial charge in [0.2, 0.25) is 0 Å². The van der Waals surface area contributed by atoms with Gasteiger partial charge in [-0.2, -0.15) is 0 Å². The van der Waals surface area contributed by atoms with E-state index in [4.69, 9.17) is 12.2 Å². The second-order valence-corrected chi connectivity index (χ2v) is 5.08. The highest BCUT2D eigenvalue weighted by Gasteiger charge is 2.33. The SMILES string of the molecule is CC1CC1NC(=S)NC(C)(C)C. The maximum absolute atomic E-state index is 5.15. The van der Waals surface area contributed by atoms with Crippen molar-refractivity contribution >= 4 is 17.3 Å². The highest BCUT2D eigenvalue weighted by molar-refractivity contribution is 7.80. The molecule has 70 valence electrons. The van der Waals surface area contributed by atoms with E-state index in [1.165, 1.54) is 6.42 Å². The second-order valence-electron chi connectivity index (χ2n) is 4.67. The number of thiocarbonyl (C=S) groups is 1. The minimum Gasteiger partial charge on any atom is -0.360 e. The third kappa shape index (κ3) is 3.39. The van der Waals surface area contributed by atoms with Crippen LogP contribution in [0.4, 0.5) is 0 Å². The fourth-order valence-corrected chi connectivity index (χ4v) is 1.53. The van der Waals surface area contributed by atoms with Crippen LogP contribution in [-0.2, 0) is 0 Å². The molecule has 1 saturated carbocycles. The van der Waals surface area contributed by atoms with Gasteiger partial charge in [0.25, 0.3) is 0 Å². The minimum atomic E-state index is 0.0716. The number of rotatable bonds is 1. The van der Waals surface area contributed by atoms with E-state index in [0.717, 1.165) is 11.0 Å². The van der Waals surface area contributed by atoms with Gasteiger partial charge in [0.1, 0.15) is 0 Å². The van der Waals surface area contributed by atoms with Crippen molar-refractivity contribution in [3.63, 3.8) is 0 Å². The third-order valence-electron chi connectivity index (χ3n) is 1.91. The van der Waals surface area contributed by atoms with Crippen molar-refractivity contribution in [1.82, 2.24) is 10.6 Å². The topological polar surface area (TPSA) is 24.1 Å². The Morgan fingerprint density at radius 3 is 2.25 bits per heavy atom. The summed E-state index contributed by atoms with van der Waals surface area (Å²) in [6, 6.07) is 0.618. The molecule has 0 aliphatic heterocycles. The van der Waals surface area contributed by atoms with Crippen molar-refractivity contribution in [2.24, 2.45) is 5.92 Å². The highest BCUT2D eigenvalue weighted by atomic mass is 32.1. The molecule has 0 aromatic carbocycles. The molecule has 0 aromatic rings. The maximum Gasteiger partial charge on any atom is 0.166 e. The Morgan fingerprint density at radius 1 is 1.42 bits per heavy atom. The fraction of sp³-hybridized carbons (Fsp3) is 0.889. The van der Waals surface area contributed by atoms with Crippen LogP contribution in [0.25, 0.3) is 0 Å². The van der Waals surface area contributed by atoms with E-state index < -0.39 is 0 Å². The molecule has 0 bridgehead atoms. The summed E-state index contributed by atoms with van der Waals surface area (Å²) in [5, 5.41) is 7.30. The molecule has 1 aliphatic rings. The van der Waals surface area contributed by atoms with Crippen LogP contribution in [0.15, 0.2) is 0 Å². The first-order valence-corrected chi connectivity index (χ1v) is 4.88. The Hall–Kier alpha value is -0.310. The Morgan fingerprint density at radius 2 is 1.92 bits per heavy atom. The molecular formula is C9H18N2S. The molecule has 12 heavy (non-hydrogen) atoms. The van der Waals surface area contributed by atoms with E-state index in [9.17, 15) is 0 Å². The quantitative estimate of drug-likeness (QED) is 0.609. The van der Waals surface area contributed by atoms with Crippen molar-refractivity contribution < 1.29 is 0 Å². The van der Waals surface area contributed by atoms with Gasteiger partial charge < -0.3 is 10.6 Å². The molecule has 0 radical (unpaired) electrons. The molecule has 0 aromatic heterocycles. The number of hydrogen-bond acceptors (Lipinski definition) is 1.